The molecule has 0 aliphatic carbocycles. The Bertz CT molecular complexity index is 780. The van der Waals surface area contributed by atoms with Gasteiger partial charge in [0.1, 0.15) is 5.82 Å². The molecule has 0 saturated carbocycles. The van der Waals surface area contributed by atoms with Crippen LogP contribution in [0.25, 0.3) is 0 Å². The Hall–Kier alpha value is -2.39. The second kappa shape index (κ2) is 9.41. The number of aliphatic imine (C=N–C) groups is 1. The van der Waals surface area contributed by atoms with E-state index in [1.165, 1.54) is 12.1 Å². The van der Waals surface area contributed by atoms with Gasteiger partial charge in [0.05, 0.1) is 6.54 Å². The third-order valence-electron chi connectivity index (χ3n) is 5.55. The van der Waals surface area contributed by atoms with Gasteiger partial charge in [0.25, 0.3) is 0 Å². The predicted molar refractivity (Wildman–Crippen MR) is 117 cm³/mol. The van der Waals surface area contributed by atoms with Gasteiger partial charge < -0.3 is 20.4 Å². The molecule has 2 fully saturated rings. The first kappa shape index (κ1) is 19.9. The van der Waals surface area contributed by atoms with Gasteiger partial charge in [0.15, 0.2) is 11.1 Å². The summed E-state index contributed by atoms with van der Waals surface area (Å²) in [6.45, 7) is 9.11. The monoisotopic (exact) mass is 417 g/mol. The van der Waals surface area contributed by atoms with Crippen molar-refractivity contribution in [2.75, 3.05) is 75.2 Å². The van der Waals surface area contributed by atoms with E-state index in [9.17, 15) is 4.39 Å². The number of anilines is 2. The lowest BCUT2D eigenvalue weighted by Crippen LogP contribution is -2.51. The molecule has 0 atom stereocenters. The minimum atomic E-state index is -0.188. The minimum Gasteiger partial charge on any atom is -0.370 e. The van der Waals surface area contributed by atoms with Gasteiger partial charge in [-0.1, -0.05) is 0 Å². The van der Waals surface area contributed by atoms with Crippen molar-refractivity contribution in [1.82, 2.24) is 14.8 Å². The number of guanidine groups is 1. The SMILES string of the molecule is NC(=NCCN1CCN(c2ccc(F)cc2)CC1)N1CCN(c2nccs2)CC1. The van der Waals surface area contributed by atoms with Crippen molar-refractivity contribution in [3.63, 3.8) is 0 Å². The third kappa shape index (κ3) is 5.16. The molecule has 0 amide bonds. The molecule has 4 rings (SSSR count). The van der Waals surface area contributed by atoms with Crippen LogP contribution in [-0.4, -0.2) is 86.2 Å². The maximum atomic E-state index is 13.1. The molecule has 0 bridgehead atoms. The Kier molecular flexibility index (Phi) is 6.46. The normalized spacial score (nSPS) is 19.1. The average Bonchev–Trinajstić information content (AvgIpc) is 3.30. The van der Waals surface area contributed by atoms with Gasteiger partial charge >= 0.3 is 0 Å². The highest BCUT2D eigenvalue weighted by Crippen LogP contribution is 2.19. The summed E-state index contributed by atoms with van der Waals surface area (Å²) in [7, 11) is 0. The second-order valence-electron chi connectivity index (χ2n) is 7.33. The highest BCUT2D eigenvalue weighted by atomic mass is 32.1. The highest BCUT2D eigenvalue weighted by molar-refractivity contribution is 7.13. The fourth-order valence-corrected chi connectivity index (χ4v) is 4.48. The van der Waals surface area contributed by atoms with Gasteiger partial charge in [-0.05, 0) is 24.3 Å². The lowest BCUT2D eigenvalue weighted by molar-refractivity contribution is 0.264. The van der Waals surface area contributed by atoms with Gasteiger partial charge in [-0.15, -0.1) is 11.3 Å². The predicted octanol–water partition coefficient (Wildman–Crippen LogP) is 1.54. The first-order valence-corrected chi connectivity index (χ1v) is 11.0. The van der Waals surface area contributed by atoms with Gasteiger partial charge in [-0.2, -0.15) is 0 Å². The number of hydrogen-bond donors (Lipinski definition) is 1. The zero-order valence-electron chi connectivity index (χ0n) is 16.6. The van der Waals surface area contributed by atoms with Crippen LogP contribution >= 0.6 is 11.3 Å². The highest BCUT2D eigenvalue weighted by Gasteiger charge is 2.20. The molecular weight excluding hydrogens is 389 g/mol. The molecule has 1 aromatic heterocycles. The van der Waals surface area contributed by atoms with Crippen LogP contribution in [0.2, 0.25) is 0 Å². The quantitative estimate of drug-likeness (QED) is 0.588. The zero-order chi connectivity index (χ0) is 20.1. The number of thiazole rings is 1. The Morgan fingerprint density at radius 3 is 2.34 bits per heavy atom. The fourth-order valence-electron chi connectivity index (χ4n) is 3.79. The van der Waals surface area contributed by atoms with Crippen LogP contribution in [0.4, 0.5) is 15.2 Å². The summed E-state index contributed by atoms with van der Waals surface area (Å²) in [5, 5.41) is 3.09. The molecule has 29 heavy (non-hydrogen) atoms. The summed E-state index contributed by atoms with van der Waals surface area (Å²) < 4.78 is 13.1. The lowest BCUT2D eigenvalue weighted by atomic mass is 10.2. The van der Waals surface area contributed by atoms with Gasteiger partial charge in [-0.3, -0.25) is 9.89 Å². The molecule has 9 heteroatoms. The lowest BCUT2D eigenvalue weighted by Gasteiger charge is -2.36. The summed E-state index contributed by atoms with van der Waals surface area (Å²) >= 11 is 1.68. The van der Waals surface area contributed by atoms with Crippen molar-refractivity contribution in [2.45, 2.75) is 0 Å². The van der Waals surface area contributed by atoms with Crippen molar-refractivity contribution in [1.29, 1.82) is 0 Å². The third-order valence-corrected chi connectivity index (χ3v) is 6.38. The summed E-state index contributed by atoms with van der Waals surface area (Å²) in [6, 6.07) is 6.75. The maximum Gasteiger partial charge on any atom is 0.191 e. The summed E-state index contributed by atoms with van der Waals surface area (Å²) in [6.07, 6.45) is 1.85. The van der Waals surface area contributed by atoms with Crippen LogP contribution in [0.15, 0.2) is 40.8 Å². The number of nitrogens with two attached hydrogens (primary N) is 1. The largest absolute Gasteiger partial charge is 0.370 e. The summed E-state index contributed by atoms with van der Waals surface area (Å²) in [5.74, 6) is 0.459. The molecular formula is C20H28FN7S. The van der Waals surface area contributed by atoms with Crippen molar-refractivity contribution >= 4 is 28.1 Å². The molecule has 3 heterocycles. The molecule has 7 nitrogen and oxygen atoms in total. The zero-order valence-corrected chi connectivity index (χ0v) is 17.4. The molecule has 2 aliphatic rings. The Morgan fingerprint density at radius 2 is 1.69 bits per heavy atom. The molecule has 2 aliphatic heterocycles. The Morgan fingerprint density at radius 1 is 1.00 bits per heavy atom. The molecule has 156 valence electrons. The van der Waals surface area contributed by atoms with E-state index >= 15 is 0 Å². The van der Waals surface area contributed by atoms with E-state index in [1.807, 2.05) is 23.7 Å². The van der Waals surface area contributed by atoms with E-state index < -0.39 is 0 Å². The van der Waals surface area contributed by atoms with Crippen LogP contribution in [0.1, 0.15) is 0 Å². The van der Waals surface area contributed by atoms with E-state index in [0.29, 0.717) is 5.96 Å². The molecule has 0 spiro atoms. The van der Waals surface area contributed by atoms with Crippen LogP contribution in [0.3, 0.4) is 0 Å². The second-order valence-corrected chi connectivity index (χ2v) is 8.21. The van der Waals surface area contributed by atoms with Gasteiger partial charge in [0, 0.05) is 76.2 Å². The molecule has 0 radical (unpaired) electrons. The van der Waals surface area contributed by atoms with E-state index in [0.717, 1.165) is 76.3 Å². The Labute approximate surface area is 175 Å². The van der Waals surface area contributed by atoms with Crippen molar-refractivity contribution in [2.24, 2.45) is 10.7 Å². The number of piperazine rings is 2. The van der Waals surface area contributed by atoms with E-state index in [-0.39, 0.29) is 5.82 Å². The van der Waals surface area contributed by atoms with Crippen molar-refractivity contribution in [3.8, 4) is 0 Å². The topological polar surface area (TPSA) is 64.2 Å². The fraction of sp³-hybridized carbons (Fsp3) is 0.500. The van der Waals surface area contributed by atoms with Crippen LogP contribution in [0, 0.1) is 5.82 Å². The van der Waals surface area contributed by atoms with E-state index in [4.69, 9.17) is 5.73 Å². The molecule has 0 unspecified atom stereocenters. The molecule has 2 saturated heterocycles. The standard InChI is InChI=1S/C20H28FN7S/c21-17-1-3-18(4-2-17)26-10-8-25(9-11-26)7-5-23-19(22)27-12-14-28(15-13-27)20-24-6-16-29-20/h1-4,6,16H,5,7-15H2,(H2,22,23). The Balaban J connectivity index is 1.17. The van der Waals surface area contributed by atoms with Gasteiger partial charge in [0.2, 0.25) is 0 Å². The summed E-state index contributed by atoms with van der Waals surface area (Å²) in [4.78, 5) is 18.2. The minimum absolute atomic E-state index is 0.188. The smallest absolute Gasteiger partial charge is 0.191 e. The number of benzene rings is 1. The van der Waals surface area contributed by atoms with Crippen molar-refractivity contribution < 1.29 is 4.39 Å². The van der Waals surface area contributed by atoms with Crippen LogP contribution in [-0.2, 0) is 0 Å². The van der Waals surface area contributed by atoms with E-state index in [1.54, 1.807) is 11.3 Å². The number of aromatic nitrogens is 1. The van der Waals surface area contributed by atoms with Crippen LogP contribution < -0.4 is 15.5 Å². The molecule has 1 aromatic carbocycles. The summed E-state index contributed by atoms with van der Waals surface area (Å²) in [5.41, 5.74) is 7.31. The van der Waals surface area contributed by atoms with Crippen LogP contribution in [0.5, 0.6) is 0 Å². The molecule has 2 aromatic rings. The molecule has 2 N–H and O–H groups in total. The average molecular weight is 418 g/mol. The number of halogens is 1. The first-order valence-electron chi connectivity index (χ1n) is 10.1. The number of nitrogens with zero attached hydrogens (tertiary/aromatic N) is 6. The number of rotatable bonds is 5. The maximum absolute atomic E-state index is 13.1. The first-order chi connectivity index (χ1) is 14.2. The van der Waals surface area contributed by atoms with Crippen molar-refractivity contribution in [3.05, 3.63) is 41.7 Å². The van der Waals surface area contributed by atoms with Gasteiger partial charge in [-0.25, -0.2) is 9.37 Å². The number of hydrogen-bond acceptors (Lipinski definition) is 6. The van der Waals surface area contributed by atoms with E-state index in [2.05, 4.69) is 29.6 Å².